The van der Waals surface area contributed by atoms with Crippen molar-refractivity contribution in [1.82, 2.24) is 23.4 Å². The molecule has 1 fully saturated rings. The number of rotatable bonds is 17. The van der Waals surface area contributed by atoms with Gasteiger partial charge in [0.1, 0.15) is 6.04 Å². The van der Waals surface area contributed by atoms with Crippen molar-refractivity contribution in [2.24, 2.45) is 5.41 Å². The lowest BCUT2D eigenvalue weighted by Crippen LogP contribution is -2.41. The van der Waals surface area contributed by atoms with Gasteiger partial charge in [0.25, 0.3) is 0 Å². The predicted molar refractivity (Wildman–Crippen MR) is 233 cm³/mol. The fraction of sp³-hybridized carbons (Fsp3) is 0.457. The first-order valence-electron chi connectivity index (χ1n) is 19.1. The van der Waals surface area contributed by atoms with Crippen molar-refractivity contribution in [3.05, 3.63) is 96.4 Å². The summed E-state index contributed by atoms with van der Waals surface area (Å²) in [5.74, 6) is 7.86. The van der Waals surface area contributed by atoms with Crippen molar-refractivity contribution >= 4 is 39.4 Å². The first-order chi connectivity index (χ1) is 24.7. The molecule has 1 aliphatic rings. The Bertz CT molecular complexity index is 1820. The summed E-state index contributed by atoms with van der Waals surface area (Å²) in [6.45, 7) is 26.9. The number of benzene rings is 2. The number of nitrogens with zero attached hydrogens (tertiary/aromatic N) is 4. The van der Waals surface area contributed by atoms with Gasteiger partial charge in [0.2, 0.25) is 0 Å². The zero-order valence-corrected chi connectivity index (χ0v) is 34.3. The van der Waals surface area contributed by atoms with Crippen molar-refractivity contribution in [2.75, 3.05) is 34.2 Å². The number of likely N-dealkylation sites (N-methyl/N-ethyl adjacent to an activating group) is 2. The van der Waals surface area contributed by atoms with Crippen LogP contribution in [-0.2, 0) is 6.54 Å². The molecule has 1 N–H and O–H groups in total. The summed E-state index contributed by atoms with van der Waals surface area (Å²) in [5.41, 5.74) is 10.8. The van der Waals surface area contributed by atoms with Gasteiger partial charge >= 0.3 is 0 Å². The molecule has 0 bridgehead atoms. The van der Waals surface area contributed by atoms with E-state index >= 15 is 0 Å². The Morgan fingerprint density at radius 1 is 1.06 bits per heavy atom. The average Bonchev–Trinajstić information content (AvgIpc) is 3.43. The summed E-state index contributed by atoms with van der Waals surface area (Å²) >= 11 is 0. The van der Waals surface area contributed by atoms with Gasteiger partial charge in [-0.05, 0) is 104 Å². The molecule has 0 aliphatic heterocycles. The van der Waals surface area contributed by atoms with Crippen LogP contribution in [0.3, 0.4) is 0 Å². The van der Waals surface area contributed by atoms with Crippen LogP contribution in [0.15, 0.2) is 79.7 Å². The zero-order valence-electron chi connectivity index (χ0n) is 33.5. The number of hydrogen-bond acceptors (Lipinski definition) is 4. The highest BCUT2D eigenvalue weighted by Crippen LogP contribution is 2.45. The first kappa shape index (κ1) is 40.8. The third-order valence-electron chi connectivity index (χ3n) is 10.3. The van der Waals surface area contributed by atoms with Crippen LogP contribution in [0.4, 0.5) is 0 Å². The Morgan fingerprint density at radius 2 is 1.75 bits per heavy atom. The van der Waals surface area contributed by atoms with E-state index in [-0.39, 0.29) is 22.3 Å². The topological polar surface area (TPSA) is 26.7 Å². The van der Waals surface area contributed by atoms with Gasteiger partial charge < -0.3 is 19.1 Å². The van der Waals surface area contributed by atoms with Crippen LogP contribution in [0.2, 0.25) is 0 Å². The van der Waals surface area contributed by atoms with Gasteiger partial charge in [-0.2, -0.15) is 0 Å². The maximum absolute atomic E-state index is 6.18. The van der Waals surface area contributed by atoms with Crippen molar-refractivity contribution in [2.45, 2.75) is 98.1 Å². The summed E-state index contributed by atoms with van der Waals surface area (Å²) in [5, 5.41) is 1.36. The van der Waals surface area contributed by atoms with Crippen molar-refractivity contribution < 1.29 is 0 Å². The average molecular weight is 720 g/mol. The maximum atomic E-state index is 6.18. The standard InChI is InChI=1S/C46H65N5S/c1-14-30-51-43-31-39(36(6)47-52(13)48(10)11)28-29-42(43)44(38-23-18-17-19-24-38)45(51)41-25-21-20-22-37(41)27-26-34(4)50(16-3)40(15-2)33-49(12)35(5)32-46(7,8)9/h2,20-22,25-29,31,38,40,47H,4-6,13-14,16-19,23-24,30,32-33H2,1,3,7-12H3/b27-26+. The predicted octanol–water partition coefficient (Wildman–Crippen LogP) is 11.2. The number of nitrogens with one attached hydrogen (secondary N) is 1. The molecule has 1 aliphatic carbocycles. The summed E-state index contributed by atoms with van der Waals surface area (Å²) in [4.78, 5) is 4.44. The summed E-state index contributed by atoms with van der Waals surface area (Å²) in [6.07, 6.45) is 18.9. The van der Waals surface area contributed by atoms with Crippen molar-refractivity contribution in [3.63, 3.8) is 0 Å². The number of allylic oxidation sites excluding steroid dienone is 2. The van der Waals surface area contributed by atoms with Gasteiger partial charge in [0.05, 0.1) is 5.69 Å². The lowest BCUT2D eigenvalue weighted by Gasteiger charge is -2.35. The number of fused-ring (bicyclic) bond motifs is 1. The van der Waals surface area contributed by atoms with Crippen LogP contribution in [0.1, 0.15) is 102 Å². The Hall–Kier alpha value is -3.92. The lowest BCUT2D eigenvalue weighted by molar-refractivity contribution is 0.248. The molecule has 0 amide bonds. The van der Waals surface area contributed by atoms with Crippen LogP contribution in [-0.4, -0.2) is 64.8 Å². The van der Waals surface area contributed by atoms with Gasteiger partial charge in [-0.25, -0.2) is 4.31 Å². The second kappa shape index (κ2) is 18.2. The monoisotopic (exact) mass is 719 g/mol. The van der Waals surface area contributed by atoms with Gasteiger partial charge in [0.15, 0.2) is 0 Å². The third kappa shape index (κ3) is 9.94. The lowest BCUT2D eigenvalue weighted by atomic mass is 9.81. The molecule has 0 saturated heterocycles. The second-order valence-electron chi connectivity index (χ2n) is 15.8. The molecule has 1 saturated carbocycles. The van der Waals surface area contributed by atoms with E-state index in [1.807, 2.05) is 14.1 Å². The molecule has 2 atom stereocenters. The molecule has 2 aromatic carbocycles. The van der Waals surface area contributed by atoms with Crippen LogP contribution >= 0.6 is 10.9 Å². The number of hydrogen-bond donors (Lipinski definition) is 1. The van der Waals surface area contributed by atoms with Crippen molar-refractivity contribution in [1.29, 1.82) is 0 Å². The smallest absolute Gasteiger partial charge is 0.108 e. The molecular weight excluding hydrogens is 655 g/mol. The number of aryl methyl sites for hydroxylation is 1. The highest BCUT2D eigenvalue weighted by molar-refractivity contribution is 8.10. The number of aromatic nitrogens is 1. The van der Waals surface area contributed by atoms with E-state index in [0.29, 0.717) is 12.5 Å². The highest BCUT2D eigenvalue weighted by atomic mass is 32.2. The minimum absolute atomic E-state index is 0.125. The molecule has 1 heterocycles. The van der Waals surface area contributed by atoms with Gasteiger partial charge in [-0.15, -0.1) is 6.42 Å². The minimum Gasteiger partial charge on any atom is -0.375 e. The SMILES string of the molecule is C#CC(CN(C)C(=C)CC(C)(C)C)N(CC)C(=C)/C=C/c1ccccc1-c1c(C2CCCCC2)c2ccc(C(=C)NS(=C)N(C)C)cc2n1CCC. The minimum atomic E-state index is -0.363. The Kier molecular flexibility index (Phi) is 14.3. The quantitative estimate of drug-likeness (QED) is 0.0854. The molecule has 280 valence electrons. The molecule has 52 heavy (non-hydrogen) atoms. The van der Waals surface area contributed by atoms with E-state index < -0.39 is 0 Å². The molecule has 4 rings (SSSR count). The zero-order chi connectivity index (χ0) is 38.2. The highest BCUT2D eigenvalue weighted by Gasteiger charge is 2.28. The largest absolute Gasteiger partial charge is 0.375 e. The molecule has 0 radical (unpaired) electrons. The maximum Gasteiger partial charge on any atom is 0.108 e. The molecule has 6 heteroatoms. The summed E-state index contributed by atoms with van der Waals surface area (Å²) in [7, 11) is 5.80. The molecule has 2 unspecified atom stereocenters. The number of terminal acetylenes is 1. The van der Waals surface area contributed by atoms with E-state index in [9.17, 15) is 0 Å². The van der Waals surface area contributed by atoms with Gasteiger partial charge in [-0.3, -0.25) is 0 Å². The first-order valence-corrected chi connectivity index (χ1v) is 20.5. The Labute approximate surface area is 319 Å². The van der Waals surface area contributed by atoms with E-state index in [1.54, 1.807) is 0 Å². The van der Waals surface area contributed by atoms with E-state index in [2.05, 4.69) is 151 Å². The molecule has 1 aromatic heterocycles. The van der Waals surface area contributed by atoms with Gasteiger partial charge in [-0.1, -0.05) is 115 Å². The van der Waals surface area contributed by atoms with Crippen LogP contribution in [0, 0.1) is 17.8 Å². The normalized spacial score (nSPS) is 15.1. The van der Waals surface area contributed by atoms with Gasteiger partial charge in [0, 0.05) is 60.2 Å². The van der Waals surface area contributed by atoms with Crippen LogP contribution in [0.25, 0.3) is 33.9 Å². The third-order valence-corrected chi connectivity index (χ3v) is 11.6. The molecular formula is C46H65N5S. The molecule has 5 nitrogen and oxygen atoms in total. The van der Waals surface area contributed by atoms with Crippen molar-refractivity contribution in [3.8, 4) is 23.6 Å². The van der Waals surface area contributed by atoms with E-state index in [1.165, 1.54) is 65.4 Å². The van der Waals surface area contributed by atoms with Crippen LogP contribution in [0.5, 0.6) is 0 Å². The second-order valence-corrected chi connectivity index (χ2v) is 17.5. The van der Waals surface area contributed by atoms with E-state index in [0.717, 1.165) is 48.6 Å². The summed E-state index contributed by atoms with van der Waals surface area (Å²) in [6, 6.07) is 15.7. The Balaban J connectivity index is 1.77. The Morgan fingerprint density at radius 3 is 2.37 bits per heavy atom. The fourth-order valence-electron chi connectivity index (χ4n) is 7.55. The summed E-state index contributed by atoms with van der Waals surface area (Å²) < 4.78 is 8.18. The van der Waals surface area contributed by atoms with Crippen LogP contribution < -0.4 is 4.72 Å². The molecule has 3 aromatic rings. The van der Waals surface area contributed by atoms with E-state index in [4.69, 9.17) is 6.42 Å². The fourth-order valence-corrected chi connectivity index (χ4v) is 8.13. The molecule has 0 spiro atoms.